The van der Waals surface area contributed by atoms with Crippen molar-refractivity contribution in [1.29, 1.82) is 0 Å². The number of para-hydroxylation sites is 1. The first-order valence-electron chi connectivity index (χ1n) is 9.63. The number of carbonyl (C=O) groups excluding carboxylic acids is 1. The van der Waals surface area contributed by atoms with Gasteiger partial charge in [0.25, 0.3) is 15.9 Å². The van der Waals surface area contributed by atoms with Crippen LogP contribution in [0.2, 0.25) is 0 Å². The Balaban J connectivity index is 1.39. The van der Waals surface area contributed by atoms with Crippen LogP contribution < -0.4 is 14.4 Å². The largest absolute Gasteiger partial charge is 0.484 e. The van der Waals surface area contributed by atoms with Crippen molar-refractivity contribution in [1.82, 2.24) is 0 Å². The number of hydrogen-bond acceptors (Lipinski definition) is 4. The Hall–Kier alpha value is -3.32. The van der Waals surface area contributed by atoms with E-state index in [4.69, 9.17) is 4.74 Å². The first-order valence-corrected chi connectivity index (χ1v) is 11.1. The van der Waals surface area contributed by atoms with Gasteiger partial charge in [0.15, 0.2) is 6.61 Å². The molecule has 1 heterocycles. The zero-order valence-electron chi connectivity index (χ0n) is 16.5. The van der Waals surface area contributed by atoms with E-state index in [2.05, 4.69) is 5.32 Å². The molecular formula is C23H22N2O4S. The zero-order chi connectivity index (χ0) is 21.1. The fraction of sp³-hybridized carbons (Fsp3) is 0.174. The Labute approximate surface area is 176 Å². The highest BCUT2D eigenvalue weighted by Crippen LogP contribution is 2.33. The van der Waals surface area contributed by atoms with Crippen molar-refractivity contribution in [3.63, 3.8) is 0 Å². The van der Waals surface area contributed by atoms with Crippen LogP contribution in [0.25, 0.3) is 0 Å². The topological polar surface area (TPSA) is 75.7 Å². The highest BCUT2D eigenvalue weighted by atomic mass is 32.2. The first-order chi connectivity index (χ1) is 14.4. The second kappa shape index (κ2) is 8.20. The SMILES string of the molecule is Cc1ccc(NC(=O)COc2ccc(S(=O)(=O)N3CCc4ccccc43)cc2)cc1. The van der Waals surface area contributed by atoms with Crippen molar-refractivity contribution in [2.45, 2.75) is 18.2 Å². The number of fused-ring (bicyclic) bond motifs is 1. The second-order valence-electron chi connectivity index (χ2n) is 7.13. The first kappa shape index (κ1) is 20.0. The third kappa shape index (κ3) is 4.16. The van der Waals surface area contributed by atoms with Gasteiger partial charge in [-0.1, -0.05) is 35.9 Å². The molecule has 7 heteroatoms. The minimum absolute atomic E-state index is 0.167. The standard InChI is InChI=1S/C23H22N2O4S/c1-17-6-8-19(9-7-17)24-23(26)16-29-20-10-12-21(13-11-20)30(27,28)25-15-14-18-4-2-3-5-22(18)25/h2-13H,14-16H2,1H3,(H,24,26). The predicted octanol–water partition coefficient (Wildman–Crippen LogP) is 3.76. The summed E-state index contributed by atoms with van der Waals surface area (Å²) in [5.41, 5.74) is 3.56. The minimum atomic E-state index is -3.65. The summed E-state index contributed by atoms with van der Waals surface area (Å²) < 4.78 is 33.0. The van der Waals surface area contributed by atoms with Crippen LogP contribution in [0, 0.1) is 6.92 Å². The van der Waals surface area contributed by atoms with E-state index in [0.717, 1.165) is 16.8 Å². The highest BCUT2D eigenvalue weighted by Gasteiger charge is 2.30. The van der Waals surface area contributed by atoms with Crippen LogP contribution in [0.15, 0.2) is 77.7 Å². The summed E-state index contributed by atoms with van der Waals surface area (Å²) in [5, 5.41) is 2.76. The van der Waals surface area contributed by atoms with E-state index in [-0.39, 0.29) is 17.4 Å². The number of nitrogens with zero attached hydrogens (tertiary/aromatic N) is 1. The molecule has 3 aromatic rings. The molecule has 0 aliphatic carbocycles. The Bertz CT molecular complexity index is 1160. The number of aryl methyl sites for hydroxylation is 1. The monoisotopic (exact) mass is 422 g/mol. The molecule has 4 rings (SSSR count). The molecular weight excluding hydrogens is 400 g/mol. The van der Waals surface area contributed by atoms with Crippen LogP contribution in [-0.4, -0.2) is 27.5 Å². The molecule has 6 nitrogen and oxygen atoms in total. The molecule has 0 fully saturated rings. The summed E-state index contributed by atoms with van der Waals surface area (Å²) in [6, 6.07) is 21.1. The molecule has 3 aromatic carbocycles. The van der Waals surface area contributed by atoms with Crippen molar-refractivity contribution in [2.75, 3.05) is 22.8 Å². The molecule has 1 amide bonds. The number of sulfonamides is 1. The van der Waals surface area contributed by atoms with Gasteiger partial charge in [-0.3, -0.25) is 9.10 Å². The fourth-order valence-corrected chi connectivity index (χ4v) is 4.88. The number of anilines is 2. The number of rotatable bonds is 6. The molecule has 1 N–H and O–H groups in total. The van der Waals surface area contributed by atoms with E-state index in [1.54, 1.807) is 12.1 Å². The molecule has 0 unspecified atom stereocenters. The van der Waals surface area contributed by atoms with Crippen LogP contribution >= 0.6 is 0 Å². The number of amides is 1. The van der Waals surface area contributed by atoms with E-state index in [1.807, 2.05) is 55.5 Å². The smallest absolute Gasteiger partial charge is 0.264 e. The molecule has 0 bridgehead atoms. The minimum Gasteiger partial charge on any atom is -0.484 e. The van der Waals surface area contributed by atoms with Gasteiger partial charge < -0.3 is 10.1 Å². The molecule has 0 atom stereocenters. The van der Waals surface area contributed by atoms with E-state index in [9.17, 15) is 13.2 Å². The quantitative estimate of drug-likeness (QED) is 0.656. The summed E-state index contributed by atoms with van der Waals surface area (Å²) in [7, 11) is -3.65. The maximum absolute atomic E-state index is 13.0. The van der Waals surface area contributed by atoms with Gasteiger partial charge in [-0.05, 0) is 61.4 Å². The Morgan fingerprint density at radius 1 is 1.00 bits per heavy atom. The van der Waals surface area contributed by atoms with E-state index in [1.165, 1.54) is 16.4 Å². The molecule has 1 aliphatic rings. The Morgan fingerprint density at radius 2 is 1.70 bits per heavy atom. The fourth-order valence-electron chi connectivity index (χ4n) is 3.38. The number of ether oxygens (including phenoxy) is 1. The van der Waals surface area contributed by atoms with Crippen LogP contribution in [0.3, 0.4) is 0 Å². The molecule has 0 saturated heterocycles. The third-order valence-electron chi connectivity index (χ3n) is 4.96. The van der Waals surface area contributed by atoms with Crippen molar-refractivity contribution in [3.8, 4) is 5.75 Å². The van der Waals surface area contributed by atoms with Crippen LogP contribution in [-0.2, 0) is 21.2 Å². The predicted molar refractivity (Wildman–Crippen MR) is 116 cm³/mol. The van der Waals surface area contributed by atoms with Crippen molar-refractivity contribution in [3.05, 3.63) is 83.9 Å². The Kier molecular flexibility index (Phi) is 5.46. The lowest BCUT2D eigenvalue weighted by Crippen LogP contribution is -2.29. The van der Waals surface area contributed by atoms with Gasteiger partial charge in [-0.25, -0.2) is 8.42 Å². The summed E-state index contributed by atoms with van der Waals surface area (Å²) >= 11 is 0. The maximum atomic E-state index is 13.0. The molecule has 0 aromatic heterocycles. The van der Waals surface area contributed by atoms with E-state index >= 15 is 0 Å². The molecule has 0 saturated carbocycles. The van der Waals surface area contributed by atoms with Crippen molar-refractivity contribution in [2.24, 2.45) is 0 Å². The highest BCUT2D eigenvalue weighted by molar-refractivity contribution is 7.92. The zero-order valence-corrected chi connectivity index (χ0v) is 17.4. The molecule has 0 radical (unpaired) electrons. The maximum Gasteiger partial charge on any atom is 0.264 e. The van der Waals surface area contributed by atoms with Gasteiger partial charge in [-0.2, -0.15) is 0 Å². The average Bonchev–Trinajstić information content (AvgIpc) is 3.19. The molecule has 1 aliphatic heterocycles. The Morgan fingerprint density at radius 3 is 2.43 bits per heavy atom. The lowest BCUT2D eigenvalue weighted by Gasteiger charge is -2.19. The molecule has 154 valence electrons. The van der Waals surface area contributed by atoms with Gasteiger partial charge in [0.2, 0.25) is 0 Å². The van der Waals surface area contributed by atoms with Crippen molar-refractivity contribution < 1.29 is 17.9 Å². The van der Waals surface area contributed by atoms with Crippen molar-refractivity contribution >= 4 is 27.3 Å². The lowest BCUT2D eigenvalue weighted by atomic mass is 10.2. The lowest BCUT2D eigenvalue weighted by molar-refractivity contribution is -0.118. The normalized spacial score (nSPS) is 13.0. The van der Waals surface area contributed by atoms with Gasteiger partial charge >= 0.3 is 0 Å². The molecule has 30 heavy (non-hydrogen) atoms. The van der Waals surface area contributed by atoms with E-state index in [0.29, 0.717) is 24.4 Å². The molecule has 0 spiro atoms. The number of hydrogen-bond donors (Lipinski definition) is 1. The number of benzene rings is 3. The van der Waals surface area contributed by atoms with Crippen LogP contribution in [0.5, 0.6) is 5.75 Å². The summed E-state index contributed by atoms with van der Waals surface area (Å²) in [5.74, 6) is 0.138. The van der Waals surface area contributed by atoms with Gasteiger partial charge in [0, 0.05) is 12.2 Å². The average molecular weight is 423 g/mol. The summed E-state index contributed by atoms with van der Waals surface area (Å²) in [6.07, 6.45) is 0.701. The van der Waals surface area contributed by atoms with E-state index < -0.39 is 10.0 Å². The summed E-state index contributed by atoms with van der Waals surface area (Å²) in [4.78, 5) is 12.2. The summed E-state index contributed by atoms with van der Waals surface area (Å²) in [6.45, 7) is 2.24. The number of carbonyl (C=O) groups is 1. The second-order valence-corrected chi connectivity index (χ2v) is 8.99. The third-order valence-corrected chi connectivity index (χ3v) is 6.79. The van der Waals surface area contributed by atoms with Crippen LogP contribution in [0.1, 0.15) is 11.1 Å². The van der Waals surface area contributed by atoms with Crippen LogP contribution in [0.4, 0.5) is 11.4 Å². The van der Waals surface area contributed by atoms with Gasteiger partial charge in [0.05, 0.1) is 10.6 Å². The van der Waals surface area contributed by atoms with Gasteiger partial charge in [-0.15, -0.1) is 0 Å². The number of nitrogens with one attached hydrogen (secondary N) is 1. The van der Waals surface area contributed by atoms with Gasteiger partial charge in [0.1, 0.15) is 5.75 Å².